The van der Waals surface area contributed by atoms with E-state index in [0.717, 1.165) is 15.4 Å². The van der Waals surface area contributed by atoms with Gasteiger partial charge in [0.05, 0.1) is 10.9 Å². The van der Waals surface area contributed by atoms with Crippen LogP contribution >= 0.6 is 22.7 Å². The zero-order chi connectivity index (χ0) is 15.5. The van der Waals surface area contributed by atoms with Crippen molar-refractivity contribution in [2.45, 2.75) is 13.0 Å². The van der Waals surface area contributed by atoms with Crippen LogP contribution in [0.2, 0.25) is 0 Å². The number of nitrogens with zero attached hydrogens (tertiary/aromatic N) is 2. The molecular formula is C17H16N2OS2. The van der Waals surface area contributed by atoms with Crippen molar-refractivity contribution in [1.82, 2.24) is 9.88 Å². The molecule has 22 heavy (non-hydrogen) atoms. The van der Waals surface area contributed by atoms with E-state index in [1.54, 1.807) is 16.2 Å². The fourth-order valence-electron chi connectivity index (χ4n) is 2.20. The minimum Gasteiger partial charge on any atom is -0.334 e. The molecule has 0 aliphatic rings. The second kappa shape index (κ2) is 6.42. The second-order valence-electron chi connectivity index (χ2n) is 5.02. The zero-order valence-corrected chi connectivity index (χ0v) is 14.0. The lowest BCUT2D eigenvalue weighted by Gasteiger charge is -2.24. The normalized spacial score (nSPS) is 12.1. The highest BCUT2D eigenvalue weighted by Gasteiger charge is 2.21. The largest absolute Gasteiger partial charge is 0.334 e. The summed E-state index contributed by atoms with van der Waals surface area (Å²) >= 11 is 3.15. The molecule has 3 rings (SSSR count). The van der Waals surface area contributed by atoms with E-state index >= 15 is 0 Å². The SMILES string of the molecule is CC(c1ccccc1)N(C)C(=O)c1csc(-c2cccs2)n1. The van der Waals surface area contributed by atoms with Gasteiger partial charge in [0.15, 0.2) is 0 Å². The van der Waals surface area contributed by atoms with E-state index in [4.69, 9.17) is 0 Å². The summed E-state index contributed by atoms with van der Waals surface area (Å²) in [6, 6.07) is 14.1. The van der Waals surface area contributed by atoms with Crippen LogP contribution in [0.3, 0.4) is 0 Å². The Morgan fingerprint density at radius 3 is 2.59 bits per heavy atom. The first kappa shape index (κ1) is 14.9. The molecule has 0 spiro atoms. The Hall–Kier alpha value is -1.98. The van der Waals surface area contributed by atoms with Gasteiger partial charge in [0.25, 0.3) is 5.91 Å². The highest BCUT2D eigenvalue weighted by Crippen LogP contribution is 2.29. The maximum absolute atomic E-state index is 12.6. The molecule has 1 aromatic carbocycles. The van der Waals surface area contributed by atoms with Crippen LogP contribution in [0.25, 0.3) is 9.88 Å². The maximum atomic E-state index is 12.6. The summed E-state index contributed by atoms with van der Waals surface area (Å²) in [5.74, 6) is -0.0459. The monoisotopic (exact) mass is 328 g/mol. The number of rotatable bonds is 4. The van der Waals surface area contributed by atoms with Crippen LogP contribution < -0.4 is 0 Å². The third-order valence-corrected chi connectivity index (χ3v) is 5.52. The molecule has 112 valence electrons. The minimum atomic E-state index is -0.0459. The van der Waals surface area contributed by atoms with E-state index in [2.05, 4.69) is 4.98 Å². The van der Waals surface area contributed by atoms with Gasteiger partial charge in [-0.2, -0.15) is 0 Å². The minimum absolute atomic E-state index is 0.0144. The average Bonchev–Trinajstić information content (AvgIpc) is 3.24. The first-order valence-corrected chi connectivity index (χ1v) is 8.74. The summed E-state index contributed by atoms with van der Waals surface area (Å²) in [7, 11) is 1.82. The van der Waals surface area contributed by atoms with Crippen molar-refractivity contribution in [2.75, 3.05) is 7.05 Å². The molecular weight excluding hydrogens is 312 g/mol. The topological polar surface area (TPSA) is 33.2 Å². The van der Waals surface area contributed by atoms with Gasteiger partial charge in [-0.1, -0.05) is 36.4 Å². The van der Waals surface area contributed by atoms with Gasteiger partial charge in [-0.05, 0) is 23.9 Å². The number of thiazole rings is 1. The van der Waals surface area contributed by atoms with Gasteiger partial charge in [0, 0.05) is 12.4 Å². The van der Waals surface area contributed by atoms with E-state index in [1.807, 2.05) is 67.2 Å². The summed E-state index contributed by atoms with van der Waals surface area (Å²) in [6.45, 7) is 2.03. The van der Waals surface area contributed by atoms with Gasteiger partial charge in [-0.15, -0.1) is 22.7 Å². The number of carbonyl (C=O) groups is 1. The molecule has 3 aromatic rings. The number of thiophene rings is 1. The predicted molar refractivity (Wildman–Crippen MR) is 92.4 cm³/mol. The lowest BCUT2D eigenvalue weighted by atomic mass is 10.1. The molecule has 1 amide bonds. The quantitative estimate of drug-likeness (QED) is 0.695. The zero-order valence-electron chi connectivity index (χ0n) is 12.4. The summed E-state index contributed by atoms with van der Waals surface area (Å²) < 4.78 is 0. The summed E-state index contributed by atoms with van der Waals surface area (Å²) in [4.78, 5) is 19.9. The number of benzene rings is 1. The lowest BCUT2D eigenvalue weighted by molar-refractivity contribution is 0.0737. The Kier molecular flexibility index (Phi) is 4.36. The van der Waals surface area contributed by atoms with Crippen molar-refractivity contribution in [3.05, 3.63) is 64.5 Å². The number of carbonyl (C=O) groups excluding carboxylic acids is 1. The number of hydrogen-bond donors (Lipinski definition) is 0. The fourth-order valence-corrected chi connectivity index (χ4v) is 3.81. The predicted octanol–water partition coefficient (Wildman–Crippen LogP) is 4.70. The Balaban J connectivity index is 1.79. The maximum Gasteiger partial charge on any atom is 0.273 e. The molecule has 1 atom stereocenters. The van der Waals surface area contributed by atoms with E-state index in [-0.39, 0.29) is 11.9 Å². The molecule has 0 saturated heterocycles. The van der Waals surface area contributed by atoms with Crippen LogP contribution in [-0.4, -0.2) is 22.8 Å². The second-order valence-corrected chi connectivity index (χ2v) is 6.82. The molecule has 0 fully saturated rings. The molecule has 5 heteroatoms. The van der Waals surface area contributed by atoms with Crippen molar-refractivity contribution >= 4 is 28.6 Å². The molecule has 0 bridgehead atoms. The summed E-state index contributed by atoms with van der Waals surface area (Å²) in [5.41, 5.74) is 1.63. The lowest BCUT2D eigenvalue weighted by Crippen LogP contribution is -2.29. The van der Waals surface area contributed by atoms with Gasteiger partial charge in [-0.3, -0.25) is 4.79 Å². The van der Waals surface area contributed by atoms with Crippen LogP contribution in [0.15, 0.2) is 53.2 Å². The van der Waals surface area contributed by atoms with Crippen molar-refractivity contribution < 1.29 is 4.79 Å². The molecule has 0 N–H and O–H groups in total. The molecule has 3 nitrogen and oxygen atoms in total. The number of hydrogen-bond acceptors (Lipinski definition) is 4. The third kappa shape index (κ3) is 2.96. The van der Waals surface area contributed by atoms with Crippen molar-refractivity contribution in [1.29, 1.82) is 0 Å². The van der Waals surface area contributed by atoms with Crippen molar-refractivity contribution in [3.63, 3.8) is 0 Å². The number of aromatic nitrogens is 1. The van der Waals surface area contributed by atoms with Crippen LogP contribution in [0.5, 0.6) is 0 Å². The Morgan fingerprint density at radius 2 is 1.91 bits per heavy atom. The molecule has 0 aliphatic heterocycles. The van der Waals surface area contributed by atoms with E-state index in [1.165, 1.54) is 11.3 Å². The van der Waals surface area contributed by atoms with Crippen molar-refractivity contribution in [3.8, 4) is 9.88 Å². The van der Waals surface area contributed by atoms with Crippen LogP contribution in [-0.2, 0) is 0 Å². The molecule has 2 aromatic heterocycles. The average molecular weight is 328 g/mol. The first-order chi connectivity index (χ1) is 10.7. The Labute approximate surface area is 137 Å². The van der Waals surface area contributed by atoms with Gasteiger partial charge in [0.1, 0.15) is 10.7 Å². The standard InChI is InChI=1S/C17H16N2OS2/c1-12(13-7-4-3-5-8-13)19(2)17(20)14-11-22-16(18-14)15-9-6-10-21-15/h3-12H,1-2H3. The highest BCUT2D eigenvalue weighted by molar-refractivity contribution is 7.20. The van der Waals surface area contributed by atoms with Crippen LogP contribution in [0.4, 0.5) is 0 Å². The third-order valence-electron chi connectivity index (χ3n) is 3.64. The van der Waals surface area contributed by atoms with Crippen LogP contribution in [0, 0.1) is 0 Å². The molecule has 2 heterocycles. The Morgan fingerprint density at radius 1 is 1.14 bits per heavy atom. The molecule has 0 aliphatic carbocycles. The Bertz CT molecular complexity index is 750. The smallest absolute Gasteiger partial charge is 0.273 e. The number of amides is 1. The van der Waals surface area contributed by atoms with Gasteiger partial charge >= 0.3 is 0 Å². The molecule has 0 saturated carbocycles. The molecule has 0 radical (unpaired) electrons. The van der Waals surface area contributed by atoms with Crippen LogP contribution in [0.1, 0.15) is 29.0 Å². The first-order valence-electron chi connectivity index (χ1n) is 6.98. The summed E-state index contributed by atoms with van der Waals surface area (Å²) in [5, 5.41) is 4.76. The fraction of sp³-hybridized carbons (Fsp3) is 0.176. The van der Waals surface area contributed by atoms with E-state index < -0.39 is 0 Å². The van der Waals surface area contributed by atoms with Gasteiger partial charge < -0.3 is 4.90 Å². The van der Waals surface area contributed by atoms with Crippen molar-refractivity contribution in [2.24, 2.45) is 0 Å². The van der Waals surface area contributed by atoms with E-state index in [0.29, 0.717) is 5.69 Å². The molecule has 1 unspecified atom stereocenters. The highest BCUT2D eigenvalue weighted by atomic mass is 32.1. The summed E-state index contributed by atoms with van der Waals surface area (Å²) in [6.07, 6.45) is 0. The van der Waals surface area contributed by atoms with Gasteiger partial charge in [-0.25, -0.2) is 4.98 Å². The van der Waals surface area contributed by atoms with Gasteiger partial charge in [0.2, 0.25) is 0 Å². The van der Waals surface area contributed by atoms with E-state index in [9.17, 15) is 4.79 Å².